The first-order chi connectivity index (χ1) is 7.66. The lowest BCUT2D eigenvalue weighted by molar-refractivity contribution is 0.166. The third-order valence-electron chi connectivity index (χ3n) is 4.33. The lowest BCUT2D eigenvalue weighted by atomic mass is 9.97. The van der Waals surface area contributed by atoms with Gasteiger partial charge in [0.1, 0.15) is 0 Å². The van der Waals surface area contributed by atoms with Gasteiger partial charge in [-0.3, -0.25) is 4.90 Å². The predicted molar refractivity (Wildman–Crippen MR) is 68.7 cm³/mol. The monoisotopic (exact) mass is 225 g/mol. The van der Waals surface area contributed by atoms with Gasteiger partial charge in [0.2, 0.25) is 0 Å². The van der Waals surface area contributed by atoms with Crippen LogP contribution in [0.4, 0.5) is 0 Å². The van der Waals surface area contributed by atoms with Gasteiger partial charge in [-0.05, 0) is 58.4 Å². The zero-order chi connectivity index (χ0) is 11.5. The third kappa shape index (κ3) is 2.96. The Labute approximate surface area is 100 Å². The minimum Gasteiger partial charge on any atom is -0.316 e. The van der Waals surface area contributed by atoms with Crippen molar-refractivity contribution in [1.82, 2.24) is 15.1 Å². The van der Waals surface area contributed by atoms with E-state index in [1.54, 1.807) is 0 Å². The molecule has 2 aliphatic rings. The summed E-state index contributed by atoms with van der Waals surface area (Å²) in [5.41, 5.74) is 0. The fourth-order valence-corrected chi connectivity index (χ4v) is 3.10. The number of rotatable bonds is 2. The summed E-state index contributed by atoms with van der Waals surface area (Å²) in [6, 6.07) is 0.722. The fourth-order valence-electron chi connectivity index (χ4n) is 3.10. The van der Waals surface area contributed by atoms with Crippen LogP contribution in [-0.4, -0.2) is 62.2 Å². The lowest BCUT2D eigenvalue weighted by Gasteiger charge is -2.31. The third-order valence-corrected chi connectivity index (χ3v) is 4.33. The summed E-state index contributed by atoms with van der Waals surface area (Å²) in [6.07, 6.45) is 1.33. The van der Waals surface area contributed by atoms with Crippen molar-refractivity contribution >= 4 is 0 Å². The van der Waals surface area contributed by atoms with Crippen LogP contribution in [0.25, 0.3) is 0 Å². The van der Waals surface area contributed by atoms with Gasteiger partial charge >= 0.3 is 0 Å². The molecule has 2 rings (SSSR count). The smallest absolute Gasteiger partial charge is 0.0194 e. The molecule has 0 saturated carbocycles. The van der Waals surface area contributed by atoms with Crippen LogP contribution in [0.5, 0.6) is 0 Å². The second-order valence-electron chi connectivity index (χ2n) is 5.86. The lowest BCUT2D eigenvalue weighted by Crippen LogP contribution is -2.41. The van der Waals surface area contributed by atoms with Crippen LogP contribution in [0.3, 0.4) is 0 Å². The maximum absolute atomic E-state index is 3.51. The van der Waals surface area contributed by atoms with E-state index in [1.807, 2.05) is 0 Å². The molecule has 1 N–H and O–H groups in total. The number of nitrogens with one attached hydrogen (secondary N) is 1. The Morgan fingerprint density at radius 3 is 2.69 bits per heavy atom. The second kappa shape index (κ2) is 5.48. The molecule has 1 unspecified atom stereocenters. The Kier molecular flexibility index (Phi) is 4.22. The Morgan fingerprint density at radius 1 is 1.19 bits per heavy atom. The molecule has 2 saturated heterocycles. The first-order valence-electron chi connectivity index (χ1n) is 6.80. The van der Waals surface area contributed by atoms with E-state index in [4.69, 9.17) is 0 Å². The minimum atomic E-state index is 0.722. The highest BCUT2D eigenvalue weighted by Gasteiger charge is 2.28. The minimum absolute atomic E-state index is 0.722. The van der Waals surface area contributed by atoms with Gasteiger partial charge in [0.25, 0.3) is 0 Å². The van der Waals surface area contributed by atoms with Crippen LogP contribution in [-0.2, 0) is 0 Å². The van der Waals surface area contributed by atoms with Crippen molar-refractivity contribution in [3.05, 3.63) is 0 Å². The molecule has 0 aromatic rings. The molecule has 2 aliphatic heterocycles. The SMILES string of the molecule is CC1CN(C)CCCN1C[C@@H]1CNC[C@H]1C. The van der Waals surface area contributed by atoms with Crippen LogP contribution >= 0.6 is 0 Å². The topological polar surface area (TPSA) is 18.5 Å². The normalized spacial score (nSPS) is 38.8. The van der Waals surface area contributed by atoms with E-state index < -0.39 is 0 Å². The maximum atomic E-state index is 3.51. The molecule has 2 fully saturated rings. The molecular weight excluding hydrogens is 198 g/mol. The Hall–Kier alpha value is -0.120. The summed E-state index contributed by atoms with van der Waals surface area (Å²) in [6.45, 7) is 12.3. The molecule has 3 nitrogen and oxygen atoms in total. The molecule has 16 heavy (non-hydrogen) atoms. The van der Waals surface area contributed by atoms with E-state index in [2.05, 4.69) is 36.0 Å². The first kappa shape index (κ1) is 12.3. The van der Waals surface area contributed by atoms with Gasteiger partial charge in [0, 0.05) is 19.1 Å². The largest absolute Gasteiger partial charge is 0.316 e. The number of hydrogen-bond acceptors (Lipinski definition) is 3. The molecular formula is C13H27N3. The molecule has 0 bridgehead atoms. The predicted octanol–water partition coefficient (Wildman–Crippen LogP) is 0.868. The van der Waals surface area contributed by atoms with Gasteiger partial charge in [0.15, 0.2) is 0 Å². The second-order valence-corrected chi connectivity index (χ2v) is 5.86. The molecule has 0 aromatic heterocycles. The zero-order valence-electron chi connectivity index (χ0n) is 11.1. The van der Waals surface area contributed by atoms with Crippen molar-refractivity contribution in [2.24, 2.45) is 11.8 Å². The van der Waals surface area contributed by atoms with Crippen molar-refractivity contribution in [1.29, 1.82) is 0 Å². The van der Waals surface area contributed by atoms with Crippen LogP contribution < -0.4 is 5.32 Å². The van der Waals surface area contributed by atoms with Crippen molar-refractivity contribution in [3.63, 3.8) is 0 Å². The molecule has 0 aliphatic carbocycles. The van der Waals surface area contributed by atoms with Crippen molar-refractivity contribution < 1.29 is 0 Å². The Balaban J connectivity index is 1.87. The molecule has 0 aromatic carbocycles. The van der Waals surface area contributed by atoms with Crippen molar-refractivity contribution in [2.45, 2.75) is 26.3 Å². The van der Waals surface area contributed by atoms with E-state index >= 15 is 0 Å². The molecule has 0 spiro atoms. The Bertz CT molecular complexity index is 219. The first-order valence-corrected chi connectivity index (χ1v) is 6.80. The molecule has 94 valence electrons. The molecule has 3 heteroatoms. The van der Waals surface area contributed by atoms with Crippen LogP contribution in [0.2, 0.25) is 0 Å². The van der Waals surface area contributed by atoms with Gasteiger partial charge in [-0.25, -0.2) is 0 Å². The standard InChI is InChI=1S/C13H27N3/c1-11-7-14-8-13(11)10-16-6-4-5-15(3)9-12(16)2/h11-14H,4-10H2,1-3H3/t11-,12?,13+/m1/s1. The quantitative estimate of drug-likeness (QED) is 0.752. The fraction of sp³-hybridized carbons (Fsp3) is 1.00. The summed E-state index contributed by atoms with van der Waals surface area (Å²) < 4.78 is 0. The van der Waals surface area contributed by atoms with Crippen molar-refractivity contribution in [2.75, 3.05) is 46.3 Å². The number of hydrogen-bond donors (Lipinski definition) is 1. The van der Waals surface area contributed by atoms with Crippen LogP contribution in [0.15, 0.2) is 0 Å². The summed E-state index contributed by atoms with van der Waals surface area (Å²) in [4.78, 5) is 5.18. The van der Waals surface area contributed by atoms with E-state index in [-0.39, 0.29) is 0 Å². The van der Waals surface area contributed by atoms with Crippen LogP contribution in [0, 0.1) is 11.8 Å². The summed E-state index contributed by atoms with van der Waals surface area (Å²) in [7, 11) is 2.25. The molecule has 2 heterocycles. The van der Waals surface area contributed by atoms with Gasteiger partial charge in [-0.2, -0.15) is 0 Å². The van der Waals surface area contributed by atoms with Gasteiger partial charge in [0.05, 0.1) is 0 Å². The summed E-state index contributed by atoms with van der Waals surface area (Å²) in [5.74, 6) is 1.72. The molecule has 0 amide bonds. The number of likely N-dealkylation sites (N-methyl/N-ethyl adjacent to an activating group) is 1. The number of nitrogens with zero attached hydrogens (tertiary/aromatic N) is 2. The maximum Gasteiger partial charge on any atom is 0.0194 e. The van der Waals surface area contributed by atoms with Crippen molar-refractivity contribution in [3.8, 4) is 0 Å². The highest BCUT2D eigenvalue weighted by Crippen LogP contribution is 2.19. The average Bonchev–Trinajstić information content (AvgIpc) is 2.55. The van der Waals surface area contributed by atoms with E-state index in [9.17, 15) is 0 Å². The highest BCUT2D eigenvalue weighted by molar-refractivity contribution is 4.84. The van der Waals surface area contributed by atoms with Gasteiger partial charge in [-0.1, -0.05) is 6.92 Å². The molecule has 3 atom stereocenters. The Morgan fingerprint density at radius 2 is 2.00 bits per heavy atom. The molecule has 0 radical (unpaired) electrons. The zero-order valence-corrected chi connectivity index (χ0v) is 11.1. The van der Waals surface area contributed by atoms with E-state index in [1.165, 1.54) is 45.7 Å². The summed E-state index contributed by atoms with van der Waals surface area (Å²) in [5, 5.41) is 3.51. The highest BCUT2D eigenvalue weighted by atomic mass is 15.2. The van der Waals surface area contributed by atoms with Gasteiger partial charge in [-0.15, -0.1) is 0 Å². The average molecular weight is 225 g/mol. The summed E-state index contributed by atoms with van der Waals surface area (Å²) >= 11 is 0. The van der Waals surface area contributed by atoms with E-state index in [0.717, 1.165) is 17.9 Å². The van der Waals surface area contributed by atoms with E-state index in [0.29, 0.717) is 0 Å². The van der Waals surface area contributed by atoms with Gasteiger partial charge < -0.3 is 10.2 Å². The van der Waals surface area contributed by atoms with Crippen LogP contribution in [0.1, 0.15) is 20.3 Å².